The molecule has 1 aliphatic heterocycles. The van der Waals surface area contributed by atoms with Crippen LogP contribution < -0.4 is 0 Å². The minimum atomic E-state index is -2.93. The maximum Gasteiger partial charge on any atom is 0.189 e. The van der Waals surface area contributed by atoms with Gasteiger partial charge in [-0.3, -0.25) is 0 Å². The van der Waals surface area contributed by atoms with E-state index in [9.17, 15) is 4.89 Å². The molecule has 1 rings (SSSR count). The lowest BCUT2D eigenvalue weighted by molar-refractivity contribution is -0.0831. The average Bonchev–Trinajstić information content (AvgIpc) is 2.62. The van der Waals surface area contributed by atoms with Crippen LogP contribution in [0.4, 0.5) is 0 Å². The Bertz CT molecular complexity index is 423. The Morgan fingerprint density at radius 2 is 2.15 bits per heavy atom. The Labute approximate surface area is 128 Å². The van der Waals surface area contributed by atoms with Crippen molar-refractivity contribution < 1.29 is 18.9 Å². The van der Waals surface area contributed by atoms with Gasteiger partial charge in [0.15, 0.2) is 12.1 Å². The molecule has 1 unspecified atom stereocenters. The Morgan fingerprint density at radius 1 is 1.55 bits per heavy atom. The molecule has 1 fully saturated rings. The summed E-state index contributed by atoms with van der Waals surface area (Å²) in [7, 11) is 5.82. The van der Waals surface area contributed by atoms with Gasteiger partial charge in [-0.2, -0.15) is 0 Å². The topological polar surface area (TPSA) is 47.9 Å². The van der Waals surface area contributed by atoms with Crippen molar-refractivity contribution in [2.45, 2.75) is 63.6 Å². The van der Waals surface area contributed by atoms with Crippen LogP contribution in [-0.4, -0.2) is 48.8 Å². The van der Waals surface area contributed by atoms with Crippen molar-refractivity contribution in [3.63, 3.8) is 0 Å². The molecule has 2 radical (unpaired) electrons. The van der Waals surface area contributed by atoms with Crippen LogP contribution in [0.3, 0.4) is 0 Å². The smallest absolute Gasteiger partial charge is 0.189 e. The van der Waals surface area contributed by atoms with Gasteiger partial charge in [-0.05, 0) is 32.1 Å². The normalized spacial score (nSPS) is 33.3. The van der Waals surface area contributed by atoms with Gasteiger partial charge in [-0.25, -0.2) is 0 Å². The first-order valence-corrected chi connectivity index (χ1v) is 9.41. The van der Waals surface area contributed by atoms with Crippen LogP contribution in [0.1, 0.15) is 34.1 Å². The lowest BCUT2D eigenvalue weighted by Crippen LogP contribution is -2.44. The highest BCUT2D eigenvalue weighted by molar-refractivity contribution is 8.09. The predicted molar refractivity (Wildman–Crippen MR) is 84.4 cm³/mol. The number of hydrogen-bond acceptors (Lipinski definition) is 4. The maximum atomic E-state index is 10.2. The van der Waals surface area contributed by atoms with Gasteiger partial charge in [-0.1, -0.05) is 19.8 Å². The summed E-state index contributed by atoms with van der Waals surface area (Å²) in [6.45, 7) is 4.67. The summed E-state index contributed by atoms with van der Waals surface area (Å²) in [5.74, 6) is 2.58. The van der Waals surface area contributed by atoms with Crippen LogP contribution >= 0.6 is 6.49 Å². The van der Waals surface area contributed by atoms with Gasteiger partial charge >= 0.3 is 0 Å². The largest absolute Gasteiger partial charge is 0.375 e. The number of rotatable bonds is 6. The van der Waals surface area contributed by atoms with Crippen LogP contribution in [0.15, 0.2) is 0 Å². The third-order valence-corrected chi connectivity index (χ3v) is 6.52. The second kappa shape index (κ2) is 6.92. The Kier molecular flexibility index (Phi) is 6.28. The van der Waals surface area contributed by atoms with Crippen molar-refractivity contribution in [1.29, 1.82) is 0 Å². The Morgan fingerprint density at radius 3 is 2.60 bits per heavy atom. The minimum absolute atomic E-state index is 0.00331. The second-order valence-electron chi connectivity index (χ2n) is 5.54. The molecule has 1 N–H and O–H groups in total. The third kappa shape index (κ3) is 4.30. The summed E-state index contributed by atoms with van der Waals surface area (Å²) in [6.07, 6.45) is 5.44. The summed E-state index contributed by atoms with van der Waals surface area (Å²) in [4.78, 5) is 10.2. The van der Waals surface area contributed by atoms with Gasteiger partial charge in [-0.15, -0.1) is 6.42 Å². The summed E-state index contributed by atoms with van der Waals surface area (Å²) >= 11 is 5.17. The minimum Gasteiger partial charge on any atom is -0.375 e. The molecule has 1 saturated heterocycles. The number of hydrogen-bond donors (Lipinski definition) is 1. The Balaban J connectivity index is 2.91. The number of ether oxygens (including phenoxy) is 2. The van der Waals surface area contributed by atoms with E-state index in [-0.39, 0.29) is 18.4 Å². The molecule has 7 heteroatoms. The van der Waals surface area contributed by atoms with Crippen LogP contribution in [-0.2, 0) is 25.8 Å². The molecule has 0 spiro atoms. The molecular weight excluding hydrogens is 294 g/mol. The summed E-state index contributed by atoms with van der Waals surface area (Å²) in [6, 6.07) is -0.547. The van der Waals surface area contributed by atoms with E-state index in [0.717, 1.165) is 0 Å². The number of terminal acetylenes is 1. The van der Waals surface area contributed by atoms with Crippen molar-refractivity contribution in [2.24, 2.45) is 0 Å². The van der Waals surface area contributed by atoms with E-state index in [4.69, 9.17) is 40.1 Å². The maximum absolute atomic E-state index is 10.2. The van der Waals surface area contributed by atoms with E-state index < -0.39 is 24.2 Å². The fourth-order valence-electron chi connectivity index (χ4n) is 1.81. The molecular formula is C13H22BO4PS. The van der Waals surface area contributed by atoms with Crippen molar-refractivity contribution in [3.8, 4) is 12.3 Å². The van der Waals surface area contributed by atoms with Crippen LogP contribution in [0.2, 0.25) is 0 Å². The fourth-order valence-corrected chi connectivity index (χ4v) is 2.99. The highest BCUT2D eigenvalue weighted by Crippen LogP contribution is 2.52. The van der Waals surface area contributed by atoms with E-state index in [0.29, 0.717) is 6.42 Å². The molecule has 1 heterocycles. The molecule has 1 aliphatic rings. The Hall–Kier alpha value is 0.115. The van der Waals surface area contributed by atoms with E-state index in [1.54, 1.807) is 0 Å². The van der Waals surface area contributed by atoms with Crippen molar-refractivity contribution in [3.05, 3.63) is 0 Å². The molecule has 0 bridgehead atoms. The molecule has 0 amide bonds. The van der Waals surface area contributed by atoms with Gasteiger partial charge < -0.3 is 18.9 Å². The molecule has 0 aromatic carbocycles. The van der Waals surface area contributed by atoms with Crippen LogP contribution in [0.25, 0.3) is 0 Å². The zero-order valence-corrected chi connectivity index (χ0v) is 14.1. The molecule has 0 saturated carbocycles. The average molecular weight is 316 g/mol. The van der Waals surface area contributed by atoms with E-state index in [1.165, 1.54) is 0 Å². The molecule has 4 nitrogen and oxygen atoms in total. The highest BCUT2D eigenvalue weighted by atomic mass is 32.5. The second-order valence-corrected chi connectivity index (χ2v) is 9.48. The SMILES string of the molecule is [B][C@H]1C[C@H](OP(O)(=S)C(C)C)[C@@](C#C)(COC(C)C)O1. The van der Waals surface area contributed by atoms with Crippen molar-refractivity contribution in [1.82, 2.24) is 0 Å². The van der Waals surface area contributed by atoms with Gasteiger partial charge in [0.2, 0.25) is 0 Å². The van der Waals surface area contributed by atoms with E-state index in [1.807, 2.05) is 27.7 Å². The molecule has 20 heavy (non-hydrogen) atoms. The lowest BCUT2D eigenvalue weighted by atomic mass is 9.93. The first-order chi connectivity index (χ1) is 9.13. The fraction of sp³-hybridized carbons (Fsp3) is 0.846. The monoisotopic (exact) mass is 316 g/mol. The molecule has 4 atom stereocenters. The van der Waals surface area contributed by atoms with Gasteiger partial charge in [0, 0.05) is 11.7 Å². The quantitative estimate of drug-likeness (QED) is 0.460. The van der Waals surface area contributed by atoms with E-state index in [2.05, 4.69) is 5.92 Å². The standard InChI is InChI=1S/C13H22BO4PS/c1-6-13(8-16-9(2)3)11(7-12(14)17-13)18-19(15,20)10(4)5/h1,9-12H,7-8H2,2-5H3,(H,15,20)/t11-,12+,13+,19?/m0/s1. The molecule has 0 aromatic rings. The zero-order chi connectivity index (χ0) is 15.6. The van der Waals surface area contributed by atoms with Gasteiger partial charge in [0.25, 0.3) is 0 Å². The first-order valence-electron chi connectivity index (χ1n) is 6.66. The lowest BCUT2D eigenvalue weighted by Gasteiger charge is -2.33. The summed E-state index contributed by atoms with van der Waals surface area (Å²) in [5, 5.41) is 0. The summed E-state index contributed by atoms with van der Waals surface area (Å²) < 4.78 is 16.9. The zero-order valence-electron chi connectivity index (χ0n) is 12.4. The van der Waals surface area contributed by atoms with Crippen LogP contribution in [0.5, 0.6) is 0 Å². The van der Waals surface area contributed by atoms with Crippen molar-refractivity contribution >= 4 is 26.1 Å². The highest BCUT2D eigenvalue weighted by Gasteiger charge is 2.49. The van der Waals surface area contributed by atoms with Gasteiger partial charge in [0.1, 0.15) is 14.0 Å². The molecule has 112 valence electrons. The molecule has 0 aliphatic carbocycles. The van der Waals surface area contributed by atoms with Gasteiger partial charge in [0.05, 0.1) is 12.7 Å². The third-order valence-electron chi connectivity index (χ3n) is 3.13. The predicted octanol–water partition coefficient (Wildman–Crippen LogP) is 1.79. The summed E-state index contributed by atoms with van der Waals surface area (Å²) in [5.41, 5.74) is -1.25. The van der Waals surface area contributed by atoms with E-state index >= 15 is 0 Å². The molecule has 0 aromatic heterocycles. The van der Waals surface area contributed by atoms with Crippen LogP contribution in [0, 0.1) is 12.3 Å². The van der Waals surface area contributed by atoms with Crippen molar-refractivity contribution in [2.75, 3.05) is 6.61 Å². The first kappa shape index (κ1) is 18.2.